The molecule has 0 saturated carbocycles. The van der Waals surface area contributed by atoms with Crippen molar-refractivity contribution < 1.29 is 4.84 Å². The van der Waals surface area contributed by atoms with Crippen LogP contribution in [0.2, 0.25) is 0 Å². The zero-order chi connectivity index (χ0) is 9.26. The van der Waals surface area contributed by atoms with Crippen LogP contribution in [0.1, 0.15) is 5.56 Å². The van der Waals surface area contributed by atoms with Gasteiger partial charge >= 0.3 is 0 Å². The molecule has 2 rings (SSSR count). The Morgan fingerprint density at radius 3 is 2.92 bits per heavy atom. The van der Waals surface area contributed by atoms with Crippen molar-refractivity contribution in [2.75, 3.05) is 0 Å². The average Bonchev–Trinajstić information content (AvgIpc) is 2.19. The molecular formula is C10H10N2O. The topological polar surface area (TPSA) is 48.1 Å². The van der Waals surface area contributed by atoms with Gasteiger partial charge < -0.3 is 4.84 Å². The lowest BCUT2D eigenvalue weighted by atomic mass is 10.1. The zero-order valence-electron chi connectivity index (χ0n) is 7.32. The minimum atomic E-state index is 0.612. The Kier molecular flexibility index (Phi) is 1.87. The largest absolute Gasteiger partial charge is 0.409 e. The number of benzene rings is 1. The summed E-state index contributed by atoms with van der Waals surface area (Å²) in [5.74, 6) is 5.74. The molecule has 0 atom stereocenters. The van der Waals surface area contributed by atoms with Crippen molar-refractivity contribution >= 4 is 10.9 Å². The molecule has 0 aliphatic heterocycles. The first kappa shape index (κ1) is 8.01. The molecule has 13 heavy (non-hydrogen) atoms. The fourth-order valence-electron chi connectivity index (χ4n) is 1.38. The first-order valence-corrected chi connectivity index (χ1v) is 4.04. The van der Waals surface area contributed by atoms with Crippen LogP contribution in [0.15, 0.2) is 30.5 Å². The van der Waals surface area contributed by atoms with Gasteiger partial charge in [-0.1, -0.05) is 12.1 Å². The van der Waals surface area contributed by atoms with Crippen LogP contribution < -0.4 is 10.7 Å². The number of nitrogens with two attached hydrogens (primary N) is 1. The highest BCUT2D eigenvalue weighted by Crippen LogP contribution is 2.24. The van der Waals surface area contributed by atoms with Crippen LogP contribution in [0.4, 0.5) is 0 Å². The molecule has 0 amide bonds. The van der Waals surface area contributed by atoms with Crippen molar-refractivity contribution in [2.45, 2.75) is 6.92 Å². The normalized spacial score (nSPS) is 10.3. The third kappa shape index (κ3) is 1.23. The van der Waals surface area contributed by atoms with Crippen LogP contribution in [0.25, 0.3) is 10.9 Å². The van der Waals surface area contributed by atoms with Gasteiger partial charge in [0.15, 0.2) is 5.75 Å². The maximum atomic E-state index is 5.13. The second kappa shape index (κ2) is 3.03. The van der Waals surface area contributed by atoms with Crippen LogP contribution >= 0.6 is 0 Å². The van der Waals surface area contributed by atoms with Gasteiger partial charge in [0.25, 0.3) is 0 Å². The number of nitrogens with zero attached hydrogens (tertiary/aromatic N) is 1. The maximum absolute atomic E-state index is 5.13. The Balaban J connectivity index is 2.84. The van der Waals surface area contributed by atoms with Crippen molar-refractivity contribution in [3.8, 4) is 5.75 Å². The van der Waals surface area contributed by atoms with E-state index in [0.29, 0.717) is 5.75 Å². The smallest absolute Gasteiger partial charge is 0.173 e. The molecule has 1 aromatic heterocycles. The molecular weight excluding hydrogens is 164 g/mol. The molecule has 0 spiro atoms. The number of hydrogen-bond donors (Lipinski definition) is 1. The lowest BCUT2D eigenvalue weighted by Crippen LogP contribution is -2.02. The van der Waals surface area contributed by atoms with E-state index in [2.05, 4.69) is 4.98 Å². The Labute approximate surface area is 76.1 Å². The highest BCUT2D eigenvalue weighted by atomic mass is 16.6. The van der Waals surface area contributed by atoms with Gasteiger partial charge in [-0.2, -0.15) is 5.90 Å². The van der Waals surface area contributed by atoms with E-state index in [4.69, 9.17) is 10.7 Å². The molecule has 2 N–H and O–H groups in total. The second-order valence-corrected chi connectivity index (χ2v) is 2.90. The first-order valence-electron chi connectivity index (χ1n) is 4.04. The molecule has 0 aliphatic carbocycles. The van der Waals surface area contributed by atoms with Gasteiger partial charge in [0.2, 0.25) is 0 Å². The fourth-order valence-corrected chi connectivity index (χ4v) is 1.38. The molecule has 0 unspecified atom stereocenters. The molecule has 3 heteroatoms. The monoisotopic (exact) mass is 174 g/mol. The minimum Gasteiger partial charge on any atom is -0.409 e. The lowest BCUT2D eigenvalue weighted by molar-refractivity contribution is 0.338. The van der Waals surface area contributed by atoms with E-state index in [0.717, 1.165) is 10.9 Å². The predicted molar refractivity (Wildman–Crippen MR) is 51.3 cm³/mol. The molecule has 0 radical (unpaired) electrons. The molecule has 1 heterocycles. The summed E-state index contributed by atoms with van der Waals surface area (Å²) in [6.45, 7) is 2.03. The quantitative estimate of drug-likeness (QED) is 0.670. The minimum absolute atomic E-state index is 0.612. The average molecular weight is 174 g/mol. The van der Waals surface area contributed by atoms with Gasteiger partial charge in [0.1, 0.15) is 5.52 Å². The third-order valence-corrected chi connectivity index (χ3v) is 2.08. The van der Waals surface area contributed by atoms with Crippen LogP contribution in [-0.4, -0.2) is 4.98 Å². The summed E-state index contributed by atoms with van der Waals surface area (Å²) < 4.78 is 0. The summed E-state index contributed by atoms with van der Waals surface area (Å²) in [5.41, 5.74) is 1.98. The summed E-state index contributed by atoms with van der Waals surface area (Å²) in [6.07, 6.45) is 1.73. The zero-order valence-corrected chi connectivity index (χ0v) is 7.32. The van der Waals surface area contributed by atoms with E-state index in [1.807, 2.05) is 31.2 Å². The Morgan fingerprint density at radius 2 is 2.15 bits per heavy atom. The summed E-state index contributed by atoms with van der Waals surface area (Å²) in [7, 11) is 0. The SMILES string of the molecule is Cc1ccc(ON)c2ncccc12. The summed E-state index contributed by atoms with van der Waals surface area (Å²) in [5, 5.41) is 1.07. The van der Waals surface area contributed by atoms with E-state index in [1.165, 1.54) is 5.56 Å². The van der Waals surface area contributed by atoms with E-state index >= 15 is 0 Å². The number of rotatable bonds is 1. The number of aromatic nitrogens is 1. The Hall–Kier alpha value is -1.61. The summed E-state index contributed by atoms with van der Waals surface area (Å²) >= 11 is 0. The third-order valence-electron chi connectivity index (χ3n) is 2.08. The highest BCUT2D eigenvalue weighted by Gasteiger charge is 2.03. The lowest BCUT2D eigenvalue weighted by Gasteiger charge is -2.04. The molecule has 0 saturated heterocycles. The Bertz CT molecular complexity index is 440. The Morgan fingerprint density at radius 1 is 1.31 bits per heavy atom. The fraction of sp³-hybridized carbons (Fsp3) is 0.100. The van der Waals surface area contributed by atoms with E-state index in [9.17, 15) is 0 Å². The van der Waals surface area contributed by atoms with Crippen LogP contribution in [0.3, 0.4) is 0 Å². The van der Waals surface area contributed by atoms with E-state index in [-0.39, 0.29) is 0 Å². The van der Waals surface area contributed by atoms with Crippen molar-refractivity contribution in [3.63, 3.8) is 0 Å². The number of aryl methyl sites for hydroxylation is 1. The van der Waals surface area contributed by atoms with E-state index in [1.54, 1.807) is 6.20 Å². The molecule has 0 aliphatic rings. The van der Waals surface area contributed by atoms with Crippen LogP contribution in [0.5, 0.6) is 5.75 Å². The van der Waals surface area contributed by atoms with Crippen LogP contribution in [-0.2, 0) is 0 Å². The van der Waals surface area contributed by atoms with Crippen molar-refractivity contribution in [1.82, 2.24) is 4.98 Å². The number of hydrogen-bond acceptors (Lipinski definition) is 3. The van der Waals surface area contributed by atoms with Gasteiger partial charge in [0, 0.05) is 11.6 Å². The van der Waals surface area contributed by atoms with Crippen molar-refractivity contribution in [1.29, 1.82) is 0 Å². The van der Waals surface area contributed by atoms with Gasteiger partial charge in [-0.25, -0.2) is 0 Å². The van der Waals surface area contributed by atoms with Crippen molar-refractivity contribution in [3.05, 3.63) is 36.0 Å². The van der Waals surface area contributed by atoms with Crippen LogP contribution in [0, 0.1) is 6.92 Å². The summed E-state index contributed by atoms with van der Waals surface area (Å²) in [6, 6.07) is 7.69. The number of pyridine rings is 1. The maximum Gasteiger partial charge on any atom is 0.173 e. The van der Waals surface area contributed by atoms with Gasteiger partial charge in [-0.3, -0.25) is 4.98 Å². The number of fused-ring (bicyclic) bond motifs is 1. The molecule has 66 valence electrons. The molecule has 0 fully saturated rings. The van der Waals surface area contributed by atoms with Gasteiger partial charge in [-0.15, -0.1) is 0 Å². The van der Waals surface area contributed by atoms with Crippen molar-refractivity contribution in [2.24, 2.45) is 5.90 Å². The highest BCUT2D eigenvalue weighted by molar-refractivity contribution is 5.87. The molecule has 0 bridgehead atoms. The predicted octanol–water partition coefficient (Wildman–Crippen LogP) is 1.80. The second-order valence-electron chi connectivity index (χ2n) is 2.90. The summed E-state index contributed by atoms with van der Waals surface area (Å²) in [4.78, 5) is 8.93. The molecule has 1 aromatic carbocycles. The first-order chi connectivity index (χ1) is 6.33. The molecule has 3 nitrogen and oxygen atoms in total. The van der Waals surface area contributed by atoms with E-state index < -0.39 is 0 Å². The standard InChI is InChI=1S/C10H10N2O/c1-7-4-5-9(13-11)10-8(7)3-2-6-12-10/h2-6H,11H2,1H3. The van der Waals surface area contributed by atoms with Gasteiger partial charge in [0.05, 0.1) is 0 Å². The molecule has 2 aromatic rings. The van der Waals surface area contributed by atoms with Gasteiger partial charge in [-0.05, 0) is 24.6 Å².